The number of carbonyl (C=O) groups is 1. The third-order valence-corrected chi connectivity index (χ3v) is 4.94. The minimum absolute atomic E-state index is 0.0967. The number of benzene rings is 1. The van der Waals surface area contributed by atoms with Gasteiger partial charge in [0.2, 0.25) is 10.0 Å². The summed E-state index contributed by atoms with van der Waals surface area (Å²) in [6.45, 7) is 4.76. The first kappa shape index (κ1) is 19.8. The van der Waals surface area contributed by atoms with Crippen molar-refractivity contribution in [2.45, 2.75) is 32.5 Å². The summed E-state index contributed by atoms with van der Waals surface area (Å²) in [6.07, 6.45) is 0.971. The Kier molecular flexibility index (Phi) is 6.53. The van der Waals surface area contributed by atoms with Crippen LogP contribution in [0.4, 0.5) is 5.69 Å². The van der Waals surface area contributed by atoms with E-state index in [1.54, 1.807) is 12.1 Å². The van der Waals surface area contributed by atoms with Crippen LogP contribution in [-0.2, 0) is 19.6 Å². The summed E-state index contributed by atoms with van der Waals surface area (Å²) in [5.74, 6) is -0.0526. The SMILES string of the molecule is CC(C)OCCCNC(=O)[C@@H]1CN(S(C)(=O)=O)c2cc(Cl)ccc2O1. The van der Waals surface area contributed by atoms with Gasteiger partial charge in [0.1, 0.15) is 5.75 Å². The fraction of sp³-hybridized carbons (Fsp3) is 0.562. The second-order valence-corrected chi connectivity index (χ2v) is 8.42. The number of nitrogens with one attached hydrogen (secondary N) is 1. The lowest BCUT2D eigenvalue weighted by Gasteiger charge is -2.34. The maximum atomic E-state index is 12.3. The average molecular weight is 391 g/mol. The Labute approximate surface area is 153 Å². The monoisotopic (exact) mass is 390 g/mol. The Bertz CT molecular complexity index is 723. The fourth-order valence-corrected chi connectivity index (χ4v) is 3.46. The number of ether oxygens (including phenoxy) is 2. The van der Waals surface area contributed by atoms with Crippen LogP contribution < -0.4 is 14.4 Å². The highest BCUT2D eigenvalue weighted by atomic mass is 35.5. The summed E-state index contributed by atoms with van der Waals surface area (Å²) in [5.41, 5.74) is 0.337. The fourth-order valence-electron chi connectivity index (χ4n) is 2.39. The van der Waals surface area contributed by atoms with Crippen molar-refractivity contribution in [2.75, 3.05) is 30.3 Å². The van der Waals surface area contributed by atoms with Gasteiger partial charge in [-0.05, 0) is 38.5 Å². The normalized spacial score (nSPS) is 17.2. The molecular formula is C16H23ClN2O5S. The highest BCUT2D eigenvalue weighted by Crippen LogP contribution is 2.37. The standard InChI is InChI=1S/C16H23ClN2O5S/c1-11(2)23-8-4-7-18-16(20)15-10-19(25(3,21)22)13-9-12(17)5-6-14(13)24-15/h5-6,9,11,15H,4,7-8,10H2,1-3H3,(H,18,20)/t15-/m0/s1. The summed E-state index contributed by atoms with van der Waals surface area (Å²) in [7, 11) is -3.57. The zero-order valence-electron chi connectivity index (χ0n) is 14.5. The molecule has 1 atom stereocenters. The molecule has 1 aliphatic heterocycles. The first-order valence-electron chi connectivity index (χ1n) is 8.01. The first-order chi connectivity index (χ1) is 11.7. The van der Waals surface area contributed by atoms with Gasteiger partial charge in [-0.3, -0.25) is 9.10 Å². The van der Waals surface area contributed by atoms with Crippen molar-refractivity contribution in [1.82, 2.24) is 5.32 Å². The molecule has 0 saturated heterocycles. The van der Waals surface area contributed by atoms with Crippen LogP contribution in [0.5, 0.6) is 5.75 Å². The maximum Gasteiger partial charge on any atom is 0.263 e. The molecule has 25 heavy (non-hydrogen) atoms. The van der Waals surface area contributed by atoms with Gasteiger partial charge >= 0.3 is 0 Å². The molecule has 1 N–H and O–H groups in total. The maximum absolute atomic E-state index is 12.3. The topological polar surface area (TPSA) is 84.9 Å². The number of fused-ring (bicyclic) bond motifs is 1. The molecule has 1 aromatic carbocycles. The van der Waals surface area contributed by atoms with Crippen molar-refractivity contribution in [3.63, 3.8) is 0 Å². The first-order valence-corrected chi connectivity index (χ1v) is 10.2. The largest absolute Gasteiger partial charge is 0.476 e. The number of halogens is 1. The Hall–Kier alpha value is -1.51. The van der Waals surface area contributed by atoms with Crippen molar-refractivity contribution >= 4 is 33.2 Å². The molecule has 0 aliphatic carbocycles. The molecule has 0 spiro atoms. The van der Waals surface area contributed by atoms with Crippen molar-refractivity contribution in [3.05, 3.63) is 23.2 Å². The highest BCUT2D eigenvalue weighted by molar-refractivity contribution is 7.92. The predicted octanol–water partition coefficient (Wildman–Crippen LogP) is 1.80. The van der Waals surface area contributed by atoms with Gasteiger partial charge in [0, 0.05) is 18.2 Å². The number of anilines is 1. The molecule has 1 aliphatic rings. The quantitative estimate of drug-likeness (QED) is 0.717. The molecule has 0 fully saturated rings. The summed E-state index contributed by atoms with van der Waals surface area (Å²) < 4.78 is 36.4. The van der Waals surface area contributed by atoms with Crippen molar-refractivity contribution in [3.8, 4) is 5.75 Å². The van der Waals surface area contributed by atoms with Crippen LogP contribution in [0, 0.1) is 0 Å². The number of amides is 1. The van der Waals surface area contributed by atoms with Gasteiger partial charge < -0.3 is 14.8 Å². The predicted molar refractivity (Wildman–Crippen MR) is 96.8 cm³/mol. The van der Waals surface area contributed by atoms with Gasteiger partial charge in [0.15, 0.2) is 6.10 Å². The Balaban J connectivity index is 2.03. The number of nitrogens with zero attached hydrogens (tertiary/aromatic N) is 1. The van der Waals surface area contributed by atoms with E-state index in [4.69, 9.17) is 21.1 Å². The van der Waals surface area contributed by atoms with Crippen molar-refractivity contribution < 1.29 is 22.7 Å². The molecule has 7 nitrogen and oxygen atoms in total. The molecule has 0 radical (unpaired) electrons. The third-order valence-electron chi connectivity index (χ3n) is 3.55. The minimum atomic E-state index is -3.57. The molecular weight excluding hydrogens is 368 g/mol. The molecule has 2 rings (SSSR count). The lowest BCUT2D eigenvalue weighted by atomic mass is 10.2. The van der Waals surface area contributed by atoms with Gasteiger partial charge in [0.05, 0.1) is 24.6 Å². The summed E-state index contributed by atoms with van der Waals surface area (Å²) in [6, 6.07) is 4.66. The molecule has 140 valence electrons. The van der Waals surface area contributed by atoms with E-state index in [1.807, 2.05) is 13.8 Å². The lowest BCUT2D eigenvalue weighted by Crippen LogP contribution is -2.50. The second-order valence-electron chi connectivity index (χ2n) is 6.08. The van der Waals surface area contributed by atoms with Gasteiger partial charge in [-0.25, -0.2) is 8.42 Å². The Morgan fingerprint density at radius 3 is 2.84 bits per heavy atom. The van der Waals surface area contributed by atoms with Crippen molar-refractivity contribution in [1.29, 1.82) is 0 Å². The van der Waals surface area contributed by atoms with Crippen LogP contribution in [-0.4, -0.2) is 52.5 Å². The van der Waals surface area contributed by atoms with Gasteiger partial charge in [-0.2, -0.15) is 0 Å². The van der Waals surface area contributed by atoms with E-state index < -0.39 is 16.1 Å². The lowest BCUT2D eigenvalue weighted by molar-refractivity contribution is -0.127. The third kappa shape index (κ3) is 5.49. The van der Waals surface area contributed by atoms with Gasteiger partial charge in [-0.1, -0.05) is 11.6 Å². The number of sulfonamides is 1. The van der Waals surface area contributed by atoms with E-state index in [1.165, 1.54) is 6.07 Å². The van der Waals surface area contributed by atoms with Gasteiger partial charge in [0.25, 0.3) is 5.91 Å². The number of hydrogen-bond donors (Lipinski definition) is 1. The van der Waals surface area contributed by atoms with Gasteiger partial charge in [-0.15, -0.1) is 0 Å². The second kappa shape index (κ2) is 8.25. The number of rotatable bonds is 7. The summed E-state index contributed by atoms with van der Waals surface area (Å²) in [4.78, 5) is 12.3. The van der Waals surface area contributed by atoms with E-state index in [-0.39, 0.29) is 18.6 Å². The van der Waals surface area contributed by atoms with E-state index in [0.717, 1.165) is 10.6 Å². The molecule has 0 bridgehead atoms. The molecule has 0 unspecified atom stereocenters. The van der Waals surface area contributed by atoms with E-state index in [2.05, 4.69) is 5.32 Å². The Morgan fingerprint density at radius 1 is 1.48 bits per heavy atom. The zero-order valence-corrected chi connectivity index (χ0v) is 16.1. The highest BCUT2D eigenvalue weighted by Gasteiger charge is 2.35. The molecule has 0 aromatic heterocycles. The van der Waals surface area contributed by atoms with Crippen LogP contribution in [0.1, 0.15) is 20.3 Å². The van der Waals surface area contributed by atoms with E-state index >= 15 is 0 Å². The molecule has 0 saturated carbocycles. The van der Waals surface area contributed by atoms with Crippen LogP contribution in [0.25, 0.3) is 0 Å². The summed E-state index contributed by atoms with van der Waals surface area (Å²) >= 11 is 5.94. The summed E-state index contributed by atoms with van der Waals surface area (Å²) in [5, 5.41) is 3.14. The average Bonchev–Trinajstić information content (AvgIpc) is 2.52. The minimum Gasteiger partial charge on any atom is -0.476 e. The zero-order chi connectivity index (χ0) is 18.6. The van der Waals surface area contributed by atoms with Crippen molar-refractivity contribution in [2.24, 2.45) is 0 Å². The van der Waals surface area contributed by atoms with E-state index in [0.29, 0.717) is 36.0 Å². The molecule has 1 amide bonds. The number of carbonyl (C=O) groups excluding carboxylic acids is 1. The molecule has 1 aromatic rings. The smallest absolute Gasteiger partial charge is 0.263 e. The van der Waals surface area contributed by atoms with Crippen LogP contribution in [0.2, 0.25) is 5.02 Å². The van der Waals surface area contributed by atoms with E-state index in [9.17, 15) is 13.2 Å². The Morgan fingerprint density at radius 2 is 2.20 bits per heavy atom. The molecule has 1 heterocycles. The molecule has 9 heteroatoms. The van der Waals surface area contributed by atoms with Crippen LogP contribution in [0.15, 0.2) is 18.2 Å². The van der Waals surface area contributed by atoms with Crippen LogP contribution in [0.3, 0.4) is 0 Å². The number of hydrogen-bond acceptors (Lipinski definition) is 5. The van der Waals surface area contributed by atoms with Crippen LogP contribution >= 0.6 is 11.6 Å².